The van der Waals surface area contributed by atoms with Crippen LogP contribution in [0.3, 0.4) is 0 Å². The zero-order chi connectivity index (χ0) is 25.2. The van der Waals surface area contributed by atoms with Crippen molar-refractivity contribution in [2.75, 3.05) is 0 Å². The molecule has 2 heterocycles. The number of nitriles is 1. The molecule has 6 rings (SSSR count). The van der Waals surface area contributed by atoms with Gasteiger partial charge in [-0.2, -0.15) is 9.78 Å². The van der Waals surface area contributed by atoms with E-state index in [9.17, 15) is 5.26 Å². The molecule has 36 heavy (non-hydrogen) atoms. The van der Waals surface area contributed by atoms with Gasteiger partial charge < -0.3 is 0 Å². The van der Waals surface area contributed by atoms with Crippen LogP contribution in [-0.2, 0) is 6.42 Å². The topological polar surface area (TPSA) is 66.9 Å². The molecule has 2 aromatic rings. The van der Waals surface area contributed by atoms with Crippen molar-refractivity contribution in [1.29, 1.82) is 5.26 Å². The Bertz CT molecular complexity index is 1280. The lowest BCUT2D eigenvalue weighted by atomic mass is 9.48. The number of tetrazole rings is 1. The van der Waals surface area contributed by atoms with Crippen LogP contribution in [-0.4, -0.2) is 20.0 Å². The molecular formula is C31H41N5. The molecule has 0 unspecified atom stereocenters. The van der Waals surface area contributed by atoms with E-state index in [1.165, 1.54) is 56.1 Å². The monoisotopic (exact) mass is 483 g/mol. The van der Waals surface area contributed by atoms with Crippen molar-refractivity contribution in [3.05, 3.63) is 40.6 Å². The number of rotatable bonds is 5. The van der Waals surface area contributed by atoms with E-state index >= 15 is 0 Å². The van der Waals surface area contributed by atoms with Gasteiger partial charge in [-0.05, 0) is 107 Å². The van der Waals surface area contributed by atoms with E-state index in [4.69, 9.17) is 0 Å². The summed E-state index contributed by atoms with van der Waals surface area (Å²) >= 11 is 0. The van der Waals surface area contributed by atoms with E-state index in [1.54, 1.807) is 4.52 Å². The van der Waals surface area contributed by atoms with Crippen molar-refractivity contribution in [2.45, 2.75) is 86.0 Å². The lowest BCUT2D eigenvalue weighted by Gasteiger charge is -2.56. The fourth-order valence-electron chi connectivity index (χ4n) is 9.18. The van der Waals surface area contributed by atoms with Gasteiger partial charge in [0.1, 0.15) is 6.07 Å². The van der Waals surface area contributed by atoms with Gasteiger partial charge in [0.15, 0.2) is 5.65 Å². The fourth-order valence-corrected chi connectivity index (χ4v) is 9.18. The number of hydrogen-bond acceptors (Lipinski definition) is 4. The molecule has 0 aliphatic heterocycles. The molecule has 2 fully saturated rings. The molecule has 4 aliphatic rings. The smallest absolute Gasteiger partial charge is 0.192 e. The quantitative estimate of drug-likeness (QED) is 0.458. The first kappa shape index (κ1) is 23.9. The Labute approximate surface area is 216 Å². The largest absolute Gasteiger partial charge is 0.197 e. The first-order valence-electron chi connectivity index (χ1n) is 14.3. The summed E-state index contributed by atoms with van der Waals surface area (Å²) in [4.78, 5) is 0. The van der Waals surface area contributed by atoms with E-state index < -0.39 is 0 Å². The predicted octanol–water partition coefficient (Wildman–Crippen LogP) is 7.03. The molecule has 0 saturated heterocycles. The normalized spacial score (nSPS) is 35.5. The van der Waals surface area contributed by atoms with Crippen molar-refractivity contribution in [2.24, 2.45) is 46.3 Å². The number of fused-ring (bicyclic) bond motifs is 8. The van der Waals surface area contributed by atoms with Gasteiger partial charge in [-0.25, -0.2) is 0 Å². The summed E-state index contributed by atoms with van der Waals surface area (Å²) in [7, 11) is 0. The van der Waals surface area contributed by atoms with E-state index in [1.807, 2.05) is 6.07 Å². The second kappa shape index (κ2) is 8.54. The third kappa shape index (κ3) is 3.43. The molecule has 2 aromatic heterocycles. The van der Waals surface area contributed by atoms with Crippen molar-refractivity contribution >= 4 is 11.7 Å². The number of nitrogens with zero attached hydrogens (tertiary/aromatic N) is 5. The van der Waals surface area contributed by atoms with Gasteiger partial charge >= 0.3 is 0 Å². The summed E-state index contributed by atoms with van der Waals surface area (Å²) in [5, 5.41) is 21.9. The Kier molecular flexibility index (Phi) is 5.67. The summed E-state index contributed by atoms with van der Waals surface area (Å²) in [6.07, 6.45) is 17.9. The summed E-state index contributed by atoms with van der Waals surface area (Å²) in [6.45, 7) is 12.4. The van der Waals surface area contributed by atoms with Gasteiger partial charge in [-0.3, -0.25) is 0 Å². The minimum atomic E-state index is 0.100. The molecule has 7 atom stereocenters. The third-order valence-corrected chi connectivity index (χ3v) is 11.1. The molecule has 2 saturated carbocycles. The Morgan fingerprint density at radius 1 is 1.14 bits per heavy atom. The van der Waals surface area contributed by atoms with Gasteiger partial charge in [0, 0.05) is 5.41 Å². The first-order chi connectivity index (χ1) is 17.3. The number of aromatic nitrogens is 4. The molecule has 4 aliphatic carbocycles. The third-order valence-electron chi connectivity index (χ3n) is 11.1. The van der Waals surface area contributed by atoms with E-state index in [2.05, 4.69) is 74.4 Å². The van der Waals surface area contributed by atoms with Crippen LogP contribution in [0, 0.1) is 57.7 Å². The van der Waals surface area contributed by atoms with E-state index in [0.29, 0.717) is 28.5 Å². The molecule has 0 aromatic carbocycles. The molecule has 0 amide bonds. The van der Waals surface area contributed by atoms with Crippen LogP contribution in [0.1, 0.15) is 96.4 Å². The van der Waals surface area contributed by atoms with Crippen LogP contribution in [0.15, 0.2) is 23.8 Å². The van der Waals surface area contributed by atoms with E-state index in [-0.39, 0.29) is 5.41 Å². The Hall–Kier alpha value is -2.48. The molecule has 190 valence electrons. The van der Waals surface area contributed by atoms with Crippen LogP contribution in [0.25, 0.3) is 11.7 Å². The first-order valence-corrected chi connectivity index (χ1v) is 14.3. The molecule has 5 nitrogen and oxygen atoms in total. The summed E-state index contributed by atoms with van der Waals surface area (Å²) in [5.41, 5.74) is 5.37. The average molecular weight is 484 g/mol. The maximum Gasteiger partial charge on any atom is 0.197 e. The van der Waals surface area contributed by atoms with Gasteiger partial charge in [-0.1, -0.05) is 66.0 Å². The van der Waals surface area contributed by atoms with Gasteiger partial charge in [0.05, 0.1) is 11.3 Å². The highest BCUT2D eigenvalue weighted by Crippen LogP contribution is 2.66. The van der Waals surface area contributed by atoms with Crippen LogP contribution >= 0.6 is 0 Å². The zero-order valence-electron chi connectivity index (χ0n) is 22.7. The van der Waals surface area contributed by atoms with E-state index in [0.717, 1.165) is 35.8 Å². The maximum atomic E-state index is 9.74. The van der Waals surface area contributed by atoms with Gasteiger partial charge in [-0.15, -0.1) is 5.10 Å². The lowest BCUT2D eigenvalue weighted by molar-refractivity contribution is -0.0227. The Morgan fingerprint density at radius 3 is 2.75 bits per heavy atom. The lowest BCUT2D eigenvalue weighted by Crippen LogP contribution is -2.49. The second-order valence-corrected chi connectivity index (χ2v) is 13.4. The number of hydrogen-bond donors (Lipinski definition) is 0. The van der Waals surface area contributed by atoms with Crippen molar-refractivity contribution in [1.82, 2.24) is 20.0 Å². The molecular weight excluding hydrogens is 442 g/mol. The minimum Gasteiger partial charge on any atom is -0.192 e. The van der Waals surface area contributed by atoms with Crippen molar-refractivity contribution < 1.29 is 0 Å². The minimum absolute atomic E-state index is 0.100. The van der Waals surface area contributed by atoms with Crippen LogP contribution in [0.5, 0.6) is 0 Å². The molecule has 5 heteroatoms. The molecule has 0 radical (unpaired) electrons. The SMILES string of the molecule is CC(C)CCC[C@@H](C)[C@H]1CC[C@H]2[C@@H]3C=CC4=Cc5c(cc(C#N)c6nnnn56)C[C@]4(C)[C@H]3CC[C@]12C. The Balaban J connectivity index is 1.30. The molecule has 0 bridgehead atoms. The zero-order valence-corrected chi connectivity index (χ0v) is 22.7. The van der Waals surface area contributed by atoms with Crippen LogP contribution < -0.4 is 0 Å². The van der Waals surface area contributed by atoms with Gasteiger partial charge in [0.2, 0.25) is 0 Å². The van der Waals surface area contributed by atoms with Crippen LogP contribution in [0.4, 0.5) is 0 Å². The van der Waals surface area contributed by atoms with Crippen LogP contribution in [0.2, 0.25) is 0 Å². The Morgan fingerprint density at radius 2 is 1.97 bits per heavy atom. The van der Waals surface area contributed by atoms with Crippen molar-refractivity contribution in [3.8, 4) is 6.07 Å². The molecule has 0 N–H and O–H groups in total. The number of pyridine rings is 1. The summed E-state index contributed by atoms with van der Waals surface area (Å²) < 4.78 is 1.76. The summed E-state index contributed by atoms with van der Waals surface area (Å²) in [5.74, 6) is 4.63. The standard InChI is InChI=1S/C31H41N5/c1-19(2)7-6-8-20(3)25-11-12-26-24-10-9-23-16-28-21(15-22(18-32)29-33-34-35-36(28)29)17-31(23,5)27(24)13-14-30(25,26)4/h9-10,15-16,19-20,24-27H,6-8,11-14,17H2,1-5H3/t20-,24+,25-,26+,27+,30-,31+/m1/s1. The van der Waals surface area contributed by atoms with Crippen molar-refractivity contribution in [3.63, 3.8) is 0 Å². The predicted molar refractivity (Wildman–Crippen MR) is 143 cm³/mol. The van der Waals surface area contributed by atoms with Gasteiger partial charge in [0.25, 0.3) is 0 Å². The second-order valence-electron chi connectivity index (χ2n) is 13.4. The highest BCUT2D eigenvalue weighted by atomic mass is 15.5. The highest BCUT2D eigenvalue weighted by Gasteiger charge is 2.58. The maximum absolute atomic E-state index is 9.74. The molecule has 0 spiro atoms. The fraction of sp³-hybridized carbons (Fsp3) is 0.677. The highest BCUT2D eigenvalue weighted by molar-refractivity contribution is 5.68. The summed E-state index contributed by atoms with van der Waals surface area (Å²) in [6, 6.07) is 4.37. The average Bonchev–Trinajstić information content (AvgIpc) is 3.46. The number of allylic oxidation sites excluding steroid dienone is 3.